The van der Waals surface area contributed by atoms with Crippen molar-refractivity contribution in [3.05, 3.63) is 58.8 Å². The predicted molar refractivity (Wildman–Crippen MR) is 81.6 cm³/mol. The van der Waals surface area contributed by atoms with Crippen molar-refractivity contribution in [1.82, 2.24) is 14.6 Å². The fourth-order valence-electron chi connectivity index (χ4n) is 2.27. The molecule has 3 aromatic rings. The molecule has 0 saturated carbocycles. The van der Waals surface area contributed by atoms with E-state index in [0.29, 0.717) is 22.6 Å². The quantitative estimate of drug-likeness (QED) is 0.791. The Bertz CT molecular complexity index is 885. The van der Waals surface area contributed by atoms with Crippen LogP contribution in [0.1, 0.15) is 27.4 Å². The van der Waals surface area contributed by atoms with Gasteiger partial charge in [-0.05, 0) is 50.6 Å². The number of hydrogen-bond donors (Lipinski definition) is 1. The molecule has 1 aromatic carbocycles. The second-order valence-corrected chi connectivity index (χ2v) is 5.26. The summed E-state index contributed by atoms with van der Waals surface area (Å²) >= 11 is 0. The zero-order valence-electron chi connectivity index (χ0n) is 12.5. The largest absolute Gasteiger partial charge is 0.321 e. The molecule has 1 amide bonds. The molecule has 6 heteroatoms. The van der Waals surface area contributed by atoms with E-state index in [4.69, 9.17) is 0 Å². The summed E-state index contributed by atoms with van der Waals surface area (Å²) in [7, 11) is 0. The lowest BCUT2D eigenvalue weighted by Crippen LogP contribution is -2.15. The molecular weight excluding hydrogens is 283 g/mol. The Balaban J connectivity index is 1.93. The van der Waals surface area contributed by atoms with Gasteiger partial charge in [-0.2, -0.15) is 5.10 Å². The maximum absolute atomic E-state index is 13.3. The summed E-state index contributed by atoms with van der Waals surface area (Å²) < 4.78 is 14.9. The van der Waals surface area contributed by atoms with Crippen molar-refractivity contribution in [2.75, 3.05) is 5.32 Å². The summed E-state index contributed by atoms with van der Waals surface area (Å²) in [6.45, 7) is 5.38. The van der Waals surface area contributed by atoms with Crippen LogP contribution >= 0.6 is 0 Å². The lowest BCUT2D eigenvalue weighted by atomic mass is 10.2. The van der Waals surface area contributed by atoms with Crippen molar-refractivity contribution < 1.29 is 9.18 Å². The van der Waals surface area contributed by atoms with E-state index in [-0.39, 0.29) is 11.7 Å². The van der Waals surface area contributed by atoms with Crippen molar-refractivity contribution in [2.24, 2.45) is 0 Å². The van der Waals surface area contributed by atoms with Crippen LogP contribution in [0.2, 0.25) is 0 Å². The molecule has 0 atom stereocenters. The minimum Gasteiger partial charge on any atom is -0.321 e. The van der Waals surface area contributed by atoms with E-state index in [0.717, 1.165) is 11.4 Å². The molecule has 5 nitrogen and oxygen atoms in total. The van der Waals surface area contributed by atoms with Crippen LogP contribution in [0.25, 0.3) is 5.65 Å². The number of aryl methyl sites for hydroxylation is 3. The summed E-state index contributed by atoms with van der Waals surface area (Å²) in [5, 5.41) is 7.03. The van der Waals surface area contributed by atoms with Crippen LogP contribution in [0.5, 0.6) is 0 Å². The minimum absolute atomic E-state index is 0.298. The first kappa shape index (κ1) is 14.2. The summed E-state index contributed by atoms with van der Waals surface area (Å²) in [5.41, 5.74) is 3.59. The van der Waals surface area contributed by atoms with Crippen molar-refractivity contribution in [3.63, 3.8) is 0 Å². The zero-order valence-corrected chi connectivity index (χ0v) is 12.5. The fraction of sp³-hybridized carbons (Fsp3) is 0.188. The molecule has 0 unspecified atom stereocenters. The average Bonchev–Trinajstić information content (AvgIpc) is 2.84. The second-order valence-electron chi connectivity index (χ2n) is 5.26. The second kappa shape index (κ2) is 5.22. The average molecular weight is 298 g/mol. The third-order valence-electron chi connectivity index (χ3n) is 3.38. The van der Waals surface area contributed by atoms with Crippen molar-refractivity contribution >= 4 is 17.2 Å². The number of anilines is 1. The maximum atomic E-state index is 13.3. The van der Waals surface area contributed by atoms with E-state index in [1.54, 1.807) is 23.6 Å². The standard InChI is InChI=1S/C16H15FN4O/c1-9-6-12(4-5-13(9)17)18-16(22)14-8-11(3)21-15(19-14)7-10(2)20-21/h4-8H,1-3H3,(H,18,22). The van der Waals surface area contributed by atoms with Crippen LogP contribution in [0.4, 0.5) is 10.1 Å². The molecule has 2 heterocycles. The summed E-state index contributed by atoms with van der Waals surface area (Å²) in [6, 6.07) is 7.92. The van der Waals surface area contributed by atoms with Gasteiger partial charge in [-0.1, -0.05) is 0 Å². The van der Waals surface area contributed by atoms with Gasteiger partial charge in [0.05, 0.1) is 5.69 Å². The van der Waals surface area contributed by atoms with Gasteiger partial charge >= 0.3 is 0 Å². The van der Waals surface area contributed by atoms with Crippen molar-refractivity contribution in [3.8, 4) is 0 Å². The fourth-order valence-corrected chi connectivity index (χ4v) is 2.27. The van der Waals surface area contributed by atoms with Gasteiger partial charge in [0, 0.05) is 17.4 Å². The molecule has 3 rings (SSSR count). The van der Waals surface area contributed by atoms with Gasteiger partial charge in [-0.25, -0.2) is 13.9 Å². The number of hydrogen-bond acceptors (Lipinski definition) is 3. The number of fused-ring (bicyclic) bond motifs is 1. The SMILES string of the molecule is Cc1cc2nc(C(=O)Nc3ccc(F)c(C)c3)cc(C)n2n1. The molecule has 0 bridgehead atoms. The van der Waals surface area contributed by atoms with Crippen LogP contribution in [0.3, 0.4) is 0 Å². The molecule has 0 aliphatic rings. The lowest BCUT2D eigenvalue weighted by molar-refractivity contribution is 0.102. The Morgan fingerprint density at radius 2 is 1.95 bits per heavy atom. The highest BCUT2D eigenvalue weighted by Crippen LogP contribution is 2.15. The van der Waals surface area contributed by atoms with E-state index in [1.165, 1.54) is 12.1 Å². The van der Waals surface area contributed by atoms with Gasteiger partial charge in [0.25, 0.3) is 5.91 Å². The van der Waals surface area contributed by atoms with Gasteiger partial charge in [-0.3, -0.25) is 4.79 Å². The summed E-state index contributed by atoms with van der Waals surface area (Å²) in [4.78, 5) is 16.6. The minimum atomic E-state index is -0.338. The van der Waals surface area contributed by atoms with E-state index in [9.17, 15) is 9.18 Å². The van der Waals surface area contributed by atoms with Crippen LogP contribution in [-0.2, 0) is 0 Å². The number of amides is 1. The number of benzene rings is 1. The summed E-state index contributed by atoms with van der Waals surface area (Å²) in [5.74, 6) is -0.640. The predicted octanol–water partition coefficient (Wildman–Crippen LogP) is 3.05. The first-order chi connectivity index (χ1) is 10.4. The van der Waals surface area contributed by atoms with Crippen LogP contribution in [0, 0.1) is 26.6 Å². The molecule has 0 fully saturated rings. The Hall–Kier alpha value is -2.76. The monoisotopic (exact) mass is 298 g/mol. The van der Waals surface area contributed by atoms with Crippen molar-refractivity contribution in [2.45, 2.75) is 20.8 Å². The number of aromatic nitrogens is 3. The Morgan fingerprint density at radius 3 is 2.68 bits per heavy atom. The molecule has 22 heavy (non-hydrogen) atoms. The Morgan fingerprint density at radius 1 is 1.18 bits per heavy atom. The van der Waals surface area contributed by atoms with Crippen LogP contribution < -0.4 is 5.32 Å². The van der Waals surface area contributed by atoms with Crippen molar-refractivity contribution in [1.29, 1.82) is 0 Å². The Labute approximate surface area is 126 Å². The van der Waals surface area contributed by atoms with Crippen LogP contribution in [-0.4, -0.2) is 20.5 Å². The zero-order chi connectivity index (χ0) is 15.9. The molecule has 112 valence electrons. The number of carbonyl (C=O) groups excluding carboxylic acids is 1. The molecule has 1 N–H and O–H groups in total. The van der Waals surface area contributed by atoms with Gasteiger partial charge in [0.2, 0.25) is 0 Å². The first-order valence-electron chi connectivity index (χ1n) is 6.85. The van der Waals surface area contributed by atoms with Crippen LogP contribution in [0.15, 0.2) is 30.3 Å². The molecule has 0 aliphatic heterocycles. The third-order valence-corrected chi connectivity index (χ3v) is 3.38. The molecule has 0 spiro atoms. The maximum Gasteiger partial charge on any atom is 0.274 e. The summed E-state index contributed by atoms with van der Waals surface area (Å²) in [6.07, 6.45) is 0. The van der Waals surface area contributed by atoms with Gasteiger partial charge in [0.1, 0.15) is 11.5 Å². The highest BCUT2D eigenvalue weighted by molar-refractivity contribution is 6.03. The Kier molecular flexibility index (Phi) is 3.36. The molecular formula is C16H15FN4O. The molecule has 0 aliphatic carbocycles. The van der Waals surface area contributed by atoms with E-state index >= 15 is 0 Å². The molecule has 2 aromatic heterocycles. The molecule has 0 saturated heterocycles. The van der Waals surface area contributed by atoms with Gasteiger partial charge in [0.15, 0.2) is 5.65 Å². The van der Waals surface area contributed by atoms with E-state index < -0.39 is 0 Å². The topological polar surface area (TPSA) is 59.3 Å². The van der Waals surface area contributed by atoms with E-state index in [2.05, 4.69) is 15.4 Å². The number of carbonyl (C=O) groups is 1. The normalized spacial score (nSPS) is 10.9. The highest BCUT2D eigenvalue weighted by Gasteiger charge is 2.12. The number of rotatable bonds is 2. The highest BCUT2D eigenvalue weighted by atomic mass is 19.1. The number of nitrogens with zero attached hydrogens (tertiary/aromatic N) is 3. The smallest absolute Gasteiger partial charge is 0.274 e. The molecule has 0 radical (unpaired) electrons. The van der Waals surface area contributed by atoms with Gasteiger partial charge < -0.3 is 5.32 Å². The van der Waals surface area contributed by atoms with E-state index in [1.807, 2.05) is 19.9 Å². The number of halogens is 1. The van der Waals surface area contributed by atoms with Gasteiger partial charge in [-0.15, -0.1) is 0 Å². The first-order valence-corrected chi connectivity index (χ1v) is 6.85. The lowest BCUT2D eigenvalue weighted by Gasteiger charge is -2.07. The number of nitrogens with one attached hydrogen (secondary N) is 1. The third kappa shape index (κ3) is 2.55.